The number of methoxy groups -OCH3 is 2. The van der Waals surface area contributed by atoms with Gasteiger partial charge in [0.05, 0.1) is 20.3 Å². The molecule has 1 N–H and O–H groups in total. The third kappa shape index (κ3) is 3.98. The number of hydrogen-bond donors (Lipinski definition) is 1. The highest BCUT2D eigenvalue weighted by Crippen LogP contribution is 2.22. The van der Waals surface area contributed by atoms with E-state index < -0.39 is 0 Å². The maximum atomic E-state index is 9.18. The zero-order chi connectivity index (χ0) is 13.5. The van der Waals surface area contributed by atoms with Gasteiger partial charge in [-0.25, -0.2) is 0 Å². The second-order valence-corrected chi connectivity index (χ2v) is 4.52. The number of likely N-dealkylation sites (N-methyl/N-ethyl adjacent to an activating group) is 1. The van der Waals surface area contributed by atoms with Gasteiger partial charge in [0.2, 0.25) is 0 Å². The smallest absolute Gasteiger partial charge is 0.123 e. The van der Waals surface area contributed by atoms with Crippen LogP contribution in [0.1, 0.15) is 18.1 Å². The molecular weight excluding hydrogens is 230 g/mol. The Hall–Kier alpha value is -1.10. The molecule has 4 nitrogen and oxygen atoms in total. The van der Waals surface area contributed by atoms with E-state index in [0.29, 0.717) is 12.6 Å². The predicted molar refractivity (Wildman–Crippen MR) is 71.7 cm³/mol. The average Bonchev–Trinajstić information content (AvgIpc) is 2.38. The van der Waals surface area contributed by atoms with Crippen molar-refractivity contribution in [3.63, 3.8) is 0 Å². The largest absolute Gasteiger partial charge is 0.496 e. The van der Waals surface area contributed by atoms with E-state index in [1.54, 1.807) is 14.2 Å². The van der Waals surface area contributed by atoms with E-state index in [-0.39, 0.29) is 6.61 Å². The maximum Gasteiger partial charge on any atom is 0.123 e. The molecule has 0 saturated carbocycles. The number of aliphatic hydroxyl groups is 1. The Morgan fingerprint density at radius 2 is 2.06 bits per heavy atom. The van der Waals surface area contributed by atoms with Gasteiger partial charge in [0.25, 0.3) is 0 Å². The fourth-order valence-electron chi connectivity index (χ4n) is 1.85. The van der Waals surface area contributed by atoms with Crippen molar-refractivity contribution in [3.05, 3.63) is 29.3 Å². The summed E-state index contributed by atoms with van der Waals surface area (Å²) in [4.78, 5) is 2.20. The summed E-state index contributed by atoms with van der Waals surface area (Å²) >= 11 is 0. The van der Waals surface area contributed by atoms with E-state index >= 15 is 0 Å². The van der Waals surface area contributed by atoms with Crippen molar-refractivity contribution < 1.29 is 14.6 Å². The molecule has 0 radical (unpaired) electrons. The van der Waals surface area contributed by atoms with Crippen LogP contribution in [0.4, 0.5) is 0 Å². The lowest BCUT2D eigenvalue weighted by Crippen LogP contribution is -2.32. The molecule has 1 aromatic carbocycles. The molecule has 102 valence electrons. The molecule has 18 heavy (non-hydrogen) atoms. The van der Waals surface area contributed by atoms with Gasteiger partial charge >= 0.3 is 0 Å². The Morgan fingerprint density at radius 3 is 2.61 bits per heavy atom. The van der Waals surface area contributed by atoms with Gasteiger partial charge in [-0.15, -0.1) is 0 Å². The molecule has 0 heterocycles. The first kappa shape index (κ1) is 15.0. The summed E-state index contributed by atoms with van der Waals surface area (Å²) in [6.07, 6.45) is 0. The van der Waals surface area contributed by atoms with Crippen molar-refractivity contribution in [2.24, 2.45) is 0 Å². The fourth-order valence-corrected chi connectivity index (χ4v) is 1.85. The molecule has 0 fully saturated rings. The Balaban J connectivity index is 2.81. The van der Waals surface area contributed by atoms with Crippen LogP contribution >= 0.6 is 0 Å². The Morgan fingerprint density at radius 1 is 1.33 bits per heavy atom. The van der Waals surface area contributed by atoms with Gasteiger partial charge in [-0.3, -0.25) is 4.90 Å². The van der Waals surface area contributed by atoms with E-state index in [2.05, 4.69) is 18.9 Å². The van der Waals surface area contributed by atoms with Crippen LogP contribution in [0.25, 0.3) is 0 Å². The molecule has 1 aromatic rings. The summed E-state index contributed by atoms with van der Waals surface area (Å²) < 4.78 is 10.5. The zero-order valence-electron chi connectivity index (χ0n) is 11.6. The molecule has 1 atom stereocenters. The molecule has 1 rings (SSSR count). The third-order valence-corrected chi connectivity index (χ3v) is 3.11. The number of benzene rings is 1. The van der Waals surface area contributed by atoms with Crippen molar-refractivity contribution in [3.8, 4) is 5.75 Å². The summed E-state index contributed by atoms with van der Waals surface area (Å²) in [5.74, 6) is 0.851. The van der Waals surface area contributed by atoms with Crippen LogP contribution in [-0.2, 0) is 17.9 Å². The molecule has 0 aliphatic heterocycles. The summed E-state index contributed by atoms with van der Waals surface area (Å²) in [5.41, 5.74) is 1.98. The summed E-state index contributed by atoms with van der Waals surface area (Å²) in [5, 5.41) is 9.18. The van der Waals surface area contributed by atoms with Crippen molar-refractivity contribution >= 4 is 0 Å². The first-order valence-corrected chi connectivity index (χ1v) is 6.08. The number of aliphatic hydroxyl groups excluding tert-OH is 1. The lowest BCUT2D eigenvalue weighted by Gasteiger charge is -2.25. The lowest BCUT2D eigenvalue weighted by atomic mass is 10.1. The van der Waals surface area contributed by atoms with Gasteiger partial charge in [0, 0.05) is 25.3 Å². The minimum absolute atomic E-state index is 0.0499. The van der Waals surface area contributed by atoms with Gasteiger partial charge in [0.15, 0.2) is 0 Å². The van der Waals surface area contributed by atoms with Crippen LogP contribution in [0, 0.1) is 0 Å². The second-order valence-electron chi connectivity index (χ2n) is 4.52. The number of hydrogen-bond acceptors (Lipinski definition) is 4. The highest BCUT2D eigenvalue weighted by atomic mass is 16.5. The molecule has 0 saturated heterocycles. The average molecular weight is 253 g/mol. The zero-order valence-corrected chi connectivity index (χ0v) is 11.6. The minimum Gasteiger partial charge on any atom is -0.496 e. The molecule has 4 heteroatoms. The molecular formula is C14H23NO3. The summed E-state index contributed by atoms with van der Waals surface area (Å²) in [7, 11) is 5.42. The van der Waals surface area contributed by atoms with Gasteiger partial charge in [-0.2, -0.15) is 0 Å². The van der Waals surface area contributed by atoms with E-state index in [1.165, 1.54) is 0 Å². The first-order valence-electron chi connectivity index (χ1n) is 6.08. The van der Waals surface area contributed by atoms with Gasteiger partial charge < -0.3 is 14.6 Å². The Bertz CT molecular complexity index is 368. The molecule has 1 unspecified atom stereocenters. The molecule has 0 aliphatic carbocycles. The Kier molecular flexibility index (Phi) is 6.12. The number of nitrogens with zero attached hydrogens (tertiary/aromatic N) is 1. The van der Waals surface area contributed by atoms with Crippen LogP contribution < -0.4 is 4.74 Å². The van der Waals surface area contributed by atoms with E-state index in [0.717, 1.165) is 23.4 Å². The van der Waals surface area contributed by atoms with E-state index in [1.807, 2.05) is 18.2 Å². The van der Waals surface area contributed by atoms with Crippen molar-refractivity contribution in [2.75, 3.05) is 27.9 Å². The van der Waals surface area contributed by atoms with Gasteiger partial charge in [-0.05, 0) is 31.7 Å². The minimum atomic E-state index is 0.0499. The van der Waals surface area contributed by atoms with Crippen molar-refractivity contribution in [1.29, 1.82) is 0 Å². The predicted octanol–water partition coefficient (Wildman–Crippen LogP) is 1.65. The van der Waals surface area contributed by atoms with Crippen molar-refractivity contribution in [2.45, 2.75) is 26.1 Å². The monoisotopic (exact) mass is 253 g/mol. The highest BCUT2D eigenvalue weighted by Gasteiger charge is 2.12. The fraction of sp³-hybridized carbons (Fsp3) is 0.571. The molecule has 0 spiro atoms. The molecule has 0 aliphatic rings. The van der Waals surface area contributed by atoms with Gasteiger partial charge in [0.1, 0.15) is 5.75 Å². The normalized spacial score (nSPS) is 12.8. The van der Waals surface area contributed by atoms with Crippen LogP contribution in [0.2, 0.25) is 0 Å². The highest BCUT2D eigenvalue weighted by molar-refractivity contribution is 5.37. The summed E-state index contributed by atoms with van der Waals surface area (Å²) in [6, 6.07) is 6.09. The maximum absolute atomic E-state index is 9.18. The molecule has 0 aromatic heterocycles. The SMILES string of the molecule is COCC(C)N(C)Cc1cc(CO)ccc1OC. The van der Waals surface area contributed by atoms with Crippen molar-refractivity contribution in [1.82, 2.24) is 4.90 Å². The Labute approximate surface area is 109 Å². The molecule has 0 bridgehead atoms. The molecule has 0 amide bonds. The standard InChI is InChI=1S/C14H23NO3/c1-11(10-17-3)15(2)8-13-7-12(9-16)5-6-14(13)18-4/h5-7,11,16H,8-10H2,1-4H3. The van der Waals surface area contributed by atoms with Gasteiger partial charge in [-0.1, -0.05) is 6.07 Å². The van der Waals surface area contributed by atoms with Crippen LogP contribution in [-0.4, -0.2) is 43.9 Å². The number of ether oxygens (including phenoxy) is 2. The number of rotatable bonds is 7. The third-order valence-electron chi connectivity index (χ3n) is 3.11. The van der Waals surface area contributed by atoms with E-state index in [4.69, 9.17) is 9.47 Å². The lowest BCUT2D eigenvalue weighted by molar-refractivity contribution is 0.111. The van der Waals surface area contributed by atoms with E-state index in [9.17, 15) is 5.11 Å². The van der Waals surface area contributed by atoms with Crippen LogP contribution in [0.3, 0.4) is 0 Å². The second kappa shape index (κ2) is 7.36. The summed E-state index contributed by atoms with van der Waals surface area (Å²) in [6.45, 7) is 3.63. The quantitative estimate of drug-likeness (QED) is 0.802. The van der Waals surface area contributed by atoms with Crippen LogP contribution in [0.5, 0.6) is 5.75 Å². The first-order chi connectivity index (χ1) is 8.62. The topological polar surface area (TPSA) is 41.9 Å². The van der Waals surface area contributed by atoms with Crippen LogP contribution in [0.15, 0.2) is 18.2 Å².